The van der Waals surface area contributed by atoms with Crippen LogP contribution in [-0.4, -0.2) is 41.4 Å². The van der Waals surface area contributed by atoms with Gasteiger partial charge in [-0.1, -0.05) is 0 Å². The molecule has 6 heteroatoms. The van der Waals surface area contributed by atoms with Gasteiger partial charge in [0.2, 0.25) is 0 Å². The third-order valence-corrected chi connectivity index (χ3v) is 2.86. The second-order valence-electron chi connectivity index (χ2n) is 2.95. The Bertz CT molecular complexity index is 321. The largest absolute Gasteiger partial charge is 0.465 e. The summed E-state index contributed by atoms with van der Waals surface area (Å²) in [6, 6.07) is -0.313. The molecule has 0 aliphatic heterocycles. The minimum Gasteiger partial charge on any atom is -0.465 e. The van der Waals surface area contributed by atoms with Crippen molar-refractivity contribution in [3.8, 4) is 0 Å². The van der Waals surface area contributed by atoms with Gasteiger partial charge in [-0.3, -0.25) is 9.78 Å². The predicted molar refractivity (Wildman–Crippen MR) is 62.2 cm³/mol. The highest BCUT2D eigenvalue weighted by Gasteiger charge is 2.17. The standard InChI is InChI=1S/C10H15N3O2S/c1-3-15-10(14)8(11-2)7-16-9-6-12-4-5-13-9/h4-6,8,11H,3,7H2,1-2H3. The predicted octanol–water partition coefficient (Wildman–Crippen LogP) is 0.720. The molecular weight excluding hydrogens is 226 g/mol. The molecule has 0 radical (unpaired) electrons. The summed E-state index contributed by atoms with van der Waals surface area (Å²) in [7, 11) is 1.73. The van der Waals surface area contributed by atoms with E-state index in [4.69, 9.17) is 4.74 Å². The van der Waals surface area contributed by atoms with Gasteiger partial charge in [-0.15, -0.1) is 11.8 Å². The summed E-state index contributed by atoms with van der Waals surface area (Å²) >= 11 is 1.47. The molecule has 1 unspecified atom stereocenters. The molecule has 1 rings (SSSR count). The van der Waals surface area contributed by atoms with Crippen LogP contribution < -0.4 is 5.32 Å². The van der Waals surface area contributed by atoms with E-state index in [1.165, 1.54) is 11.8 Å². The summed E-state index contributed by atoms with van der Waals surface area (Å²) in [6.07, 6.45) is 4.91. The van der Waals surface area contributed by atoms with Crippen molar-refractivity contribution in [2.24, 2.45) is 0 Å². The fraction of sp³-hybridized carbons (Fsp3) is 0.500. The molecule has 0 fully saturated rings. The fourth-order valence-corrected chi connectivity index (χ4v) is 1.95. The Balaban J connectivity index is 2.43. The molecule has 1 atom stereocenters. The first-order chi connectivity index (χ1) is 7.77. The van der Waals surface area contributed by atoms with Crippen LogP contribution in [0.25, 0.3) is 0 Å². The van der Waals surface area contributed by atoms with E-state index in [9.17, 15) is 4.79 Å². The number of nitrogens with zero attached hydrogens (tertiary/aromatic N) is 2. The van der Waals surface area contributed by atoms with Crippen LogP contribution in [0.15, 0.2) is 23.6 Å². The Labute approximate surface area is 99.0 Å². The molecule has 0 spiro atoms. The number of esters is 1. The van der Waals surface area contributed by atoms with Crippen molar-refractivity contribution in [2.45, 2.75) is 18.0 Å². The molecule has 0 bridgehead atoms. The molecule has 0 aliphatic rings. The highest BCUT2D eigenvalue weighted by molar-refractivity contribution is 7.99. The van der Waals surface area contributed by atoms with Crippen LogP contribution in [0.2, 0.25) is 0 Å². The van der Waals surface area contributed by atoms with E-state index < -0.39 is 0 Å². The molecule has 1 heterocycles. The second kappa shape index (κ2) is 7.19. The normalized spacial score (nSPS) is 12.1. The highest BCUT2D eigenvalue weighted by atomic mass is 32.2. The minimum atomic E-state index is -0.313. The van der Waals surface area contributed by atoms with E-state index in [0.717, 1.165) is 5.03 Å². The average molecular weight is 241 g/mol. The molecule has 16 heavy (non-hydrogen) atoms. The number of likely N-dealkylation sites (N-methyl/N-ethyl adjacent to an activating group) is 1. The maximum Gasteiger partial charge on any atom is 0.323 e. The number of nitrogens with one attached hydrogen (secondary N) is 1. The van der Waals surface area contributed by atoms with Crippen LogP contribution in [0.5, 0.6) is 0 Å². The van der Waals surface area contributed by atoms with Gasteiger partial charge < -0.3 is 10.1 Å². The van der Waals surface area contributed by atoms with Crippen LogP contribution in [0.3, 0.4) is 0 Å². The number of ether oxygens (including phenoxy) is 1. The number of rotatable bonds is 6. The summed E-state index contributed by atoms with van der Waals surface area (Å²) in [4.78, 5) is 19.5. The molecule has 1 aromatic rings. The van der Waals surface area contributed by atoms with Crippen molar-refractivity contribution < 1.29 is 9.53 Å². The van der Waals surface area contributed by atoms with Crippen LogP contribution in [0.1, 0.15) is 6.92 Å². The number of carbonyl (C=O) groups excluding carboxylic acids is 1. The molecule has 88 valence electrons. The number of hydrogen-bond donors (Lipinski definition) is 1. The molecule has 0 saturated carbocycles. The zero-order valence-electron chi connectivity index (χ0n) is 9.34. The van der Waals surface area contributed by atoms with Gasteiger partial charge in [0.25, 0.3) is 0 Å². The van der Waals surface area contributed by atoms with E-state index in [1.807, 2.05) is 0 Å². The van der Waals surface area contributed by atoms with Crippen LogP contribution in [0, 0.1) is 0 Å². The fourth-order valence-electron chi connectivity index (χ4n) is 1.04. The van der Waals surface area contributed by atoms with E-state index in [2.05, 4.69) is 15.3 Å². The quantitative estimate of drug-likeness (QED) is 0.585. The van der Waals surface area contributed by atoms with Crippen molar-refractivity contribution >= 4 is 17.7 Å². The Kier molecular flexibility index (Phi) is 5.81. The van der Waals surface area contributed by atoms with E-state index in [1.54, 1.807) is 32.6 Å². The average Bonchev–Trinajstić information content (AvgIpc) is 2.31. The van der Waals surface area contributed by atoms with Crippen LogP contribution >= 0.6 is 11.8 Å². The van der Waals surface area contributed by atoms with Gasteiger partial charge in [-0.05, 0) is 14.0 Å². The second-order valence-corrected chi connectivity index (χ2v) is 3.99. The maximum atomic E-state index is 11.5. The van der Waals surface area contributed by atoms with Crippen molar-refractivity contribution in [1.29, 1.82) is 0 Å². The van der Waals surface area contributed by atoms with Gasteiger partial charge in [0.05, 0.1) is 12.8 Å². The maximum absolute atomic E-state index is 11.5. The van der Waals surface area contributed by atoms with Gasteiger partial charge in [0.15, 0.2) is 0 Å². The lowest BCUT2D eigenvalue weighted by atomic mass is 10.3. The number of carbonyl (C=O) groups is 1. The first kappa shape index (κ1) is 12.9. The lowest BCUT2D eigenvalue weighted by Gasteiger charge is -2.13. The number of hydrogen-bond acceptors (Lipinski definition) is 6. The monoisotopic (exact) mass is 241 g/mol. The van der Waals surface area contributed by atoms with Gasteiger partial charge in [0.1, 0.15) is 11.1 Å². The molecule has 5 nitrogen and oxygen atoms in total. The topological polar surface area (TPSA) is 64.1 Å². The summed E-state index contributed by atoms with van der Waals surface area (Å²) in [6.45, 7) is 2.19. The summed E-state index contributed by atoms with van der Waals surface area (Å²) in [5.74, 6) is 0.343. The van der Waals surface area contributed by atoms with Gasteiger partial charge in [-0.2, -0.15) is 0 Å². The highest BCUT2D eigenvalue weighted by Crippen LogP contribution is 2.14. The first-order valence-corrected chi connectivity index (χ1v) is 5.99. The lowest BCUT2D eigenvalue weighted by molar-refractivity contribution is -0.144. The molecule has 1 aromatic heterocycles. The molecular formula is C10H15N3O2S. The number of aromatic nitrogens is 2. The van der Waals surface area contributed by atoms with Crippen molar-refractivity contribution in [3.05, 3.63) is 18.6 Å². The number of thioether (sulfide) groups is 1. The van der Waals surface area contributed by atoms with Crippen LogP contribution in [0.4, 0.5) is 0 Å². The van der Waals surface area contributed by atoms with Gasteiger partial charge >= 0.3 is 5.97 Å². The SMILES string of the molecule is CCOC(=O)C(CSc1cnccn1)NC. The molecule has 0 amide bonds. The third kappa shape index (κ3) is 4.16. The third-order valence-electron chi connectivity index (χ3n) is 1.86. The van der Waals surface area contributed by atoms with Crippen LogP contribution in [-0.2, 0) is 9.53 Å². The molecule has 0 saturated heterocycles. The summed E-state index contributed by atoms with van der Waals surface area (Å²) < 4.78 is 4.93. The minimum absolute atomic E-state index is 0.235. The van der Waals surface area contributed by atoms with Crippen molar-refractivity contribution in [1.82, 2.24) is 15.3 Å². The summed E-state index contributed by atoms with van der Waals surface area (Å²) in [5.41, 5.74) is 0. The summed E-state index contributed by atoms with van der Waals surface area (Å²) in [5, 5.41) is 3.71. The molecule has 1 N–H and O–H groups in total. The lowest BCUT2D eigenvalue weighted by Crippen LogP contribution is -2.37. The van der Waals surface area contributed by atoms with Gasteiger partial charge in [-0.25, -0.2) is 4.98 Å². The van der Waals surface area contributed by atoms with Crippen molar-refractivity contribution in [3.63, 3.8) is 0 Å². The van der Waals surface area contributed by atoms with E-state index in [0.29, 0.717) is 12.4 Å². The van der Waals surface area contributed by atoms with E-state index >= 15 is 0 Å². The van der Waals surface area contributed by atoms with Gasteiger partial charge in [0, 0.05) is 18.1 Å². The smallest absolute Gasteiger partial charge is 0.323 e. The molecule has 0 aliphatic carbocycles. The Morgan fingerprint density at radius 1 is 1.62 bits per heavy atom. The van der Waals surface area contributed by atoms with Crippen molar-refractivity contribution in [2.75, 3.05) is 19.4 Å². The Morgan fingerprint density at radius 3 is 3.00 bits per heavy atom. The Hall–Kier alpha value is -1.14. The first-order valence-electron chi connectivity index (χ1n) is 5.00. The Morgan fingerprint density at radius 2 is 2.44 bits per heavy atom. The molecule has 0 aromatic carbocycles. The van der Waals surface area contributed by atoms with E-state index in [-0.39, 0.29) is 12.0 Å². The zero-order valence-corrected chi connectivity index (χ0v) is 10.2. The zero-order chi connectivity index (χ0) is 11.8.